The second kappa shape index (κ2) is 5.48. The number of nitrogens with one attached hydrogen (secondary N) is 1. The highest BCUT2D eigenvalue weighted by atomic mass is 79.9. The Bertz CT molecular complexity index is 312. The molecule has 0 aliphatic heterocycles. The molecule has 0 fully saturated rings. The lowest BCUT2D eigenvalue weighted by atomic mass is 10.3. The number of carbonyl (C=O) groups is 1. The van der Waals surface area contributed by atoms with Crippen LogP contribution in [-0.4, -0.2) is 18.5 Å². The summed E-state index contributed by atoms with van der Waals surface area (Å²) in [4.78, 5) is 12.3. The molecule has 1 aromatic heterocycles. The Morgan fingerprint density at radius 2 is 2.43 bits per heavy atom. The molecule has 0 aliphatic carbocycles. The highest BCUT2D eigenvalue weighted by Crippen LogP contribution is 2.21. The second-order valence-electron chi connectivity index (χ2n) is 3.04. The van der Waals surface area contributed by atoms with E-state index in [2.05, 4.69) is 21.2 Å². The summed E-state index contributed by atoms with van der Waals surface area (Å²) in [5, 5.41) is 2.77. The van der Waals surface area contributed by atoms with Crippen molar-refractivity contribution in [3.05, 3.63) is 20.8 Å². The minimum atomic E-state index is -0.426. The molecular weight excluding hydrogens is 264 g/mol. The van der Waals surface area contributed by atoms with Crippen molar-refractivity contribution in [1.29, 1.82) is 0 Å². The Balaban J connectivity index is 2.25. The van der Waals surface area contributed by atoms with E-state index in [1.165, 1.54) is 4.88 Å². The molecule has 1 rings (SSSR count). The Hall–Kier alpha value is -0.390. The molecule has 3 nitrogen and oxygen atoms in total. The lowest BCUT2D eigenvalue weighted by molar-refractivity contribution is -0.121. The lowest BCUT2D eigenvalue weighted by Crippen LogP contribution is -2.39. The van der Waals surface area contributed by atoms with Gasteiger partial charge in [-0.3, -0.25) is 4.79 Å². The molecule has 1 unspecified atom stereocenters. The average Bonchev–Trinajstić information content (AvgIpc) is 2.51. The standard InChI is InChI=1S/C9H13BrN2OS/c1-6(11)9(13)12-5-4-7-2-3-8(10)14-7/h2-3,6H,4-5,11H2,1H3,(H,12,13). The van der Waals surface area contributed by atoms with Crippen molar-refractivity contribution in [3.63, 3.8) is 0 Å². The molecular formula is C9H13BrN2OS. The van der Waals surface area contributed by atoms with Gasteiger partial charge >= 0.3 is 0 Å². The van der Waals surface area contributed by atoms with E-state index in [4.69, 9.17) is 5.73 Å². The molecule has 14 heavy (non-hydrogen) atoms. The maximum absolute atomic E-state index is 11.1. The van der Waals surface area contributed by atoms with Gasteiger partial charge in [0, 0.05) is 11.4 Å². The maximum Gasteiger partial charge on any atom is 0.236 e. The first-order valence-electron chi connectivity index (χ1n) is 4.37. The molecule has 78 valence electrons. The van der Waals surface area contributed by atoms with E-state index in [-0.39, 0.29) is 5.91 Å². The van der Waals surface area contributed by atoms with Crippen LogP contribution in [0.25, 0.3) is 0 Å². The minimum absolute atomic E-state index is 0.0966. The first-order chi connectivity index (χ1) is 6.59. The topological polar surface area (TPSA) is 55.1 Å². The molecule has 0 saturated carbocycles. The number of halogens is 1. The van der Waals surface area contributed by atoms with Gasteiger partial charge in [0.2, 0.25) is 5.91 Å². The fourth-order valence-corrected chi connectivity index (χ4v) is 2.44. The van der Waals surface area contributed by atoms with Crippen molar-refractivity contribution in [2.75, 3.05) is 6.54 Å². The van der Waals surface area contributed by atoms with E-state index in [9.17, 15) is 4.79 Å². The van der Waals surface area contributed by atoms with E-state index >= 15 is 0 Å². The first-order valence-corrected chi connectivity index (χ1v) is 5.98. The van der Waals surface area contributed by atoms with E-state index < -0.39 is 6.04 Å². The molecule has 5 heteroatoms. The van der Waals surface area contributed by atoms with Crippen molar-refractivity contribution in [3.8, 4) is 0 Å². The van der Waals surface area contributed by atoms with Gasteiger partial charge in [0.25, 0.3) is 0 Å². The van der Waals surface area contributed by atoms with Crippen LogP contribution in [-0.2, 0) is 11.2 Å². The lowest BCUT2D eigenvalue weighted by Gasteiger charge is -2.06. The van der Waals surface area contributed by atoms with Gasteiger partial charge in [-0.1, -0.05) is 0 Å². The van der Waals surface area contributed by atoms with Crippen LogP contribution < -0.4 is 11.1 Å². The summed E-state index contributed by atoms with van der Waals surface area (Å²) in [6, 6.07) is 3.63. The molecule has 1 aromatic rings. The highest BCUT2D eigenvalue weighted by molar-refractivity contribution is 9.11. The van der Waals surface area contributed by atoms with Gasteiger partial charge in [-0.05, 0) is 41.4 Å². The van der Waals surface area contributed by atoms with Crippen molar-refractivity contribution < 1.29 is 4.79 Å². The van der Waals surface area contributed by atoms with Crippen molar-refractivity contribution in [2.24, 2.45) is 5.73 Å². The van der Waals surface area contributed by atoms with Gasteiger partial charge in [0.15, 0.2) is 0 Å². The number of nitrogens with two attached hydrogens (primary N) is 1. The molecule has 0 spiro atoms. The summed E-state index contributed by atoms with van der Waals surface area (Å²) in [7, 11) is 0. The number of thiophene rings is 1. The van der Waals surface area contributed by atoms with Crippen LogP contribution in [0.3, 0.4) is 0 Å². The van der Waals surface area contributed by atoms with Crippen LogP contribution in [0.15, 0.2) is 15.9 Å². The predicted octanol–water partition coefficient (Wildman–Crippen LogP) is 1.52. The van der Waals surface area contributed by atoms with Crippen molar-refractivity contribution in [1.82, 2.24) is 5.32 Å². The fraction of sp³-hybridized carbons (Fsp3) is 0.444. The van der Waals surface area contributed by atoms with Crippen LogP contribution >= 0.6 is 27.3 Å². The molecule has 0 aromatic carbocycles. The quantitative estimate of drug-likeness (QED) is 0.876. The Labute approximate surface area is 95.8 Å². The van der Waals surface area contributed by atoms with Crippen molar-refractivity contribution in [2.45, 2.75) is 19.4 Å². The van der Waals surface area contributed by atoms with Gasteiger partial charge in [-0.15, -0.1) is 11.3 Å². The molecule has 3 N–H and O–H groups in total. The maximum atomic E-state index is 11.1. The second-order valence-corrected chi connectivity index (χ2v) is 5.58. The third kappa shape index (κ3) is 3.77. The summed E-state index contributed by atoms with van der Waals surface area (Å²) >= 11 is 5.07. The van der Waals surface area contributed by atoms with Crippen LogP contribution in [0.4, 0.5) is 0 Å². The molecule has 0 bridgehead atoms. The van der Waals surface area contributed by atoms with Crippen molar-refractivity contribution >= 4 is 33.2 Å². The molecule has 1 amide bonds. The number of hydrogen-bond acceptors (Lipinski definition) is 3. The summed E-state index contributed by atoms with van der Waals surface area (Å²) in [6.45, 7) is 2.32. The number of amides is 1. The molecule has 0 saturated heterocycles. The third-order valence-corrected chi connectivity index (χ3v) is 3.40. The van der Waals surface area contributed by atoms with Gasteiger partial charge < -0.3 is 11.1 Å². The Morgan fingerprint density at radius 1 is 1.71 bits per heavy atom. The largest absolute Gasteiger partial charge is 0.354 e. The summed E-state index contributed by atoms with van der Waals surface area (Å²) in [6.07, 6.45) is 0.856. The van der Waals surface area contributed by atoms with Gasteiger partial charge in [-0.2, -0.15) is 0 Å². The van der Waals surface area contributed by atoms with Crippen LogP contribution in [0.2, 0.25) is 0 Å². The number of hydrogen-bond donors (Lipinski definition) is 2. The van der Waals surface area contributed by atoms with E-state index in [0.717, 1.165) is 10.2 Å². The zero-order valence-corrected chi connectivity index (χ0v) is 10.3. The monoisotopic (exact) mass is 276 g/mol. The zero-order chi connectivity index (χ0) is 10.6. The normalized spacial score (nSPS) is 12.5. The van der Waals surface area contributed by atoms with E-state index in [1.54, 1.807) is 18.3 Å². The van der Waals surface area contributed by atoms with Gasteiger partial charge in [0.1, 0.15) is 0 Å². The van der Waals surface area contributed by atoms with Crippen LogP contribution in [0.5, 0.6) is 0 Å². The number of carbonyl (C=O) groups excluding carboxylic acids is 1. The Morgan fingerprint density at radius 3 is 2.93 bits per heavy atom. The zero-order valence-electron chi connectivity index (χ0n) is 7.92. The molecule has 1 atom stereocenters. The highest BCUT2D eigenvalue weighted by Gasteiger charge is 2.05. The van der Waals surface area contributed by atoms with Crippen LogP contribution in [0, 0.1) is 0 Å². The molecule has 0 radical (unpaired) electrons. The van der Waals surface area contributed by atoms with Crippen LogP contribution in [0.1, 0.15) is 11.8 Å². The van der Waals surface area contributed by atoms with Gasteiger partial charge in [-0.25, -0.2) is 0 Å². The molecule has 0 aliphatic rings. The fourth-order valence-electron chi connectivity index (χ4n) is 0.956. The molecule has 1 heterocycles. The summed E-state index contributed by atoms with van der Waals surface area (Å²) in [5.74, 6) is -0.0966. The SMILES string of the molecule is CC(N)C(=O)NCCc1ccc(Br)s1. The van der Waals surface area contributed by atoms with E-state index in [0.29, 0.717) is 6.54 Å². The Kier molecular flexibility index (Phi) is 4.57. The number of rotatable bonds is 4. The van der Waals surface area contributed by atoms with Gasteiger partial charge in [0.05, 0.1) is 9.83 Å². The summed E-state index contributed by atoms with van der Waals surface area (Å²) in [5.41, 5.74) is 5.40. The first kappa shape index (κ1) is 11.7. The third-order valence-electron chi connectivity index (χ3n) is 1.71. The summed E-state index contributed by atoms with van der Waals surface area (Å²) < 4.78 is 1.12. The van der Waals surface area contributed by atoms with E-state index in [1.807, 2.05) is 12.1 Å². The average molecular weight is 277 g/mol. The minimum Gasteiger partial charge on any atom is -0.354 e. The predicted molar refractivity (Wildman–Crippen MR) is 62.4 cm³/mol. The smallest absolute Gasteiger partial charge is 0.236 e.